The van der Waals surface area contributed by atoms with Crippen molar-refractivity contribution < 1.29 is 9.53 Å². The molecular weight excluding hydrogens is 288 g/mol. The van der Waals surface area contributed by atoms with Gasteiger partial charge in [-0.25, -0.2) is 4.98 Å². The molecule has 1 amide bonds. The van der Waals surface area contributed by atoms with E-state index in [0.29, 0.717) is 29.8 Å². The number of nitrogen functional groups attached to an aromatic ring is 1. The van der Waals surface area contributed by atoms with Crippen LogP contribution in [0.1, 0.15) is 29.4 Å². The van der Waals surface area contributed by atoms with Gasteiger partial charge in [-0.3, -0.25) is 4.79 Å². The Kier molecular flexibility index (Phi) is 4.30. The van der Waals surface area contributed by atoms with Crippen LogP contribution in [0.3, 0.4) is 0 Å². The van der Waals surface area contributed by atoms with Gasteiger partial charge in [0.2, 0.25) is 0 Å². The van der Waals surface area contributed by atoms with Gasteiger partial charge in [-0.1, -0.05) is 11.3 Å². The van der Waals surface area contributed by atoms with Gasteiger partial charge >= 0.3 is 0 Å². The molecule has 2 aliphatic rings. The lowest BCUT2D eigenvalue weighted by atomic mass is 10.3. The number of carbonyl (C=O) groups is 1. The molecule has 0 aromatic carbocycles. The van der Waals surface area contributed by atoms with Crippen LogP contribution in [0.5, 0.6) is 0 Å². The number of ether oxygens (including phenoxy) is 1. The molecule has 1 aromatic heterocycles. The van der Waals surface area contributed by atoms with Gasteiger partial charge in [0.1, 0.15) is 10.7 Å². The highest BCUT2D eigenvalue weighted by atomic mass is 32.1. The Balaban J connectivity index is 1.74. The molecule has 1 saturated carbocycles. The monoisotopic (exact) mass is 310 g/mol. The average molecular weight is 310 g/mol. The molecule has 6 nitrogen and oxygen atoms in total. The molecule has 116 valence electrons. The number of amides is 1. The Morgan fingerprint density at radius 3 is 2.81 bits per heavy atom. The van der Waals surface area contributed by atoms with Crippen molar-refractivity contribution in [2.75, 3.05) is 50.0 Å². The summed E-state index contributed by atoms with van der Waals surface area (Å²) in [6.45, 7) is 6.59. The van der Waals surface area contributed by atoms with E-state index in [1.54, 1.807) is 0 Å². The van der Waals surface area contributed by atoms with Gasteiger partial charge in [0.05, 0.1) is 13.2 Å². The van der Waals surface area contributed by atoms with Gasteiger partial charge in [0.15, 0.2) is 5.13 Å². The highest BCUT2D eigenvalue weighted by Crippen LogP contribution is 2.33. The summed E-state index contributed by atoms with van der Waals surface area (Å²) in [5, 5.41) is 0.835. The zero-order valence-electron chi connectivity index (χ0n) is 12.4. The van der Waals surface area contributed by atoms with Gasteiger partial charge in [0.25, 0.3) is 5.91 Å². The second-order valence-corrected chi connectivity index (χ2v) is 6.57. The fraction of sp³-hybridized carbons (Fsp3) is 0.714. The third-order valence-electron chi connectivity index (χ3n) is 3.96. The molecule has 0 atom stereocenters. The largest absolute Gasteiger partial charge is 0.382 e. The molecule has 0 radical (unpaired) electrons. The van der Waals surface area contributed by atoms with Crippen LogP contribution < -0.4 is 10.6 Å². The molecule has 2 heterocycles. The molecule has 3 rings (SSSR count). The van der Waals surface area contributed by atoms with Crippen LogP contribution >= 0.6 is 11.3 Å². The van der Waals surface area contributed by atoms with Crippen molar-refractivity contribution in [1.29, 1.82) is 0 Å². The zero-order valence-corrected chi connectivity index (χ0v) is 13.2. The van der Waals surface area contributed by atoms with Crippen molar-refractivity contribution in [2.24, 2.45) is 5.92 Å². The van der Waals surface area contributed by atoms with Gasteiger partial charge in [-0.05, 0) is 25.7 Å². The molecule has 21 heavy (non-hydrogen) atoms. The summed E-state index contributed by atoms with van der Waals surface area (Å²) < 4.78 is 5.34. The quantitative estimate of drug-likeness (QED) is 0.891. The molecule has 0 bridgehead atoms. The van der Waals surface area contributed by atoms with Gasteiger partial charge in [-0.15, -0.1) is 0 Å². The molecule has 0 unspecified atom stereocenters. The SMILES string of the molecule is CCN(CC1CC1)C(=O)c1sc(N2CCOCC2)nc1N. The van der Waals surface area contributed by atoms with E-state index < -0.39 is 0 Å². The first-order valence-electron chi connectivity index (χ1n) is 7.57. The first-order valence-corrected chi connectivity index (χ1v) is 8.39. The van der Waals surface area contributed by atoms with E-state index in [9.17, 15) is 4.79 Å². The number of aromatic nitrogens is 1. The van der Waals surface area contributed by atoms with Crippen LogP contribution in [0, 0.1) is 5.92 Å². The van der Waals surface area contributed by atoms with E-state index in [1.165, 1.54) is 24.2 Å². The normalized spacial score (nSPS) is 18.8. The van der Waals surface area contributed by atoms with Gasteiger partial charge < -0.3 is 20.3 Å². The predicted octanol–water partition coefficient (Wildman–Crippen LogP) is 1.43. The average Bonchev–Trinajstić information content (AvgIpc) is 3.25. The van der Waals surface area contributed by atoms with E-state index in [0.717, 1.165) is 31.3 Å². The maximum absolute atomic E-state index is 12.6. The number of morpholine rings is 1. The van der Waals surface area contributed by atoms with E-state index in [-0.39, 0.29) is 5.91 Å². The molecule has 1 saturated heterocycles. The lowest BCUT2D eigenvalue weighted by Crippen LogP contribution is -2.36. The summed E-state index contributed by atoms with van der Waals surface area (Å²) in [6, 6.07) is 0. The van der Waals surface area contributed by atoms with E-state index >= 15 is 0 Å². The first kappa shape index (κ1) is 14.6. The fourth-order valence-corrected chi connectivity index (χ4v) is 3.48. The minimum atomic E-state index is 0.0268. The number of anilines is 2. The maximum Gasteiger partial charge on any atom is 0.267 e. The summed E-state index contributed by atoms with van der Waals surface area (Å²) >= 11 is 1.41. The summed E-state index contributed by atoms with van der Waals surface area (Å²) in [5.74, 6) is 1.07. The number of hydrogen-bond donors (Lipinski definition) is 1. The molecular formula is C14H22N4O2S. The number of hydrogen-bond acceptors (Lipinski definition) is 6. The Morgan fingerprint density at radius 2 is 2.19 bits per heavy atom. The number of rotatable bonds is 5. The Hall–Kier alpha value is -1.34. The zero-order chi connectivity index (χ0) is 14.8. The smallest absolute Gasteiger partial charge is 0.267 e. The lowest BCUT2D eigenvalue weighted by molar-refractivity contribution is 0.0762. The molecule has 7 heteroatoms. The Morgan fingerprint density at radius 1 is 1.48 bits per heavy atom. The fourth-order valence-electron chi connectivity index (χ4n) is 2.47. The predicted molar refractivity (Wildman–Crippen MR) is 83.9 cm³/mol. The van der Waals surface area contributed by atoms with Gasteiger partial charge in [-0.2, -0.15) is 0 Å². The highest BCUT2D eigenvalue weighted by Gasteiger charge is 2.29. The van der Waals surface area contributed by atoms with Crippen molar-refractivity contribution in [3.8, 4) is 0 Å². The molecule has 2 N–H and O–H groups in total. The second kappa shape index (κ2) is 6.19. The van der Waals surface area contributed by atoms with Crippen molar-refractivity contribution in [1.82, 2.24) is 9.88 Å². The van der Waals surface area contributed by atoms with Crippen LogP contribution in [-0.4, -0.2) is 55.2 Å². The molecule has 2 fully saturated rings. The topological polar surface area (TPSA) is 71.7 Å². The third-order valence-corrected chi connectivity index (χ3v) is 5.08. The minimum absolute atomic E-state index is 0.0268. The standard InChI is InChI=1S/C14H22N4O2S/c1-2-17(9-10-3-4-10)13(19)11-12(15)16-14(21-11)18-5-7-20-8-6-18/h10H,2-9,15H2,1H3. The van der Waals surface area contributed by atoms with Crippen molar-refractivity contribution in [2.45, 2.75) is 19.8 Å². The summed E-state index contributed by atoms with van der Waals surface area (Å²) in [5.41, 5.74) is 5.98. The van der Waals surface area contributed by atoms with Crippen LogP contribution in [0.25, 0.3) is 0 Å². The van der Waals surface area contributed by atoms with Crippen molar-refractivity contribution >= 4 is 28.2 Å². The van der Waals surface area contributed by atoms with E-state index in [2.05, 4.69) is 9.88 Å². The van der Waals surface area contributed by atoms with E-state index in [4.69, 9.17) is 10.5 Å². The molecule has 1 aliphatic carbocycles. The Bertz CT molecular complexity index is 509. The highest BCUT2D eigenvalue weighted by molar-refractivity contribution is 7.18. The summed E-state index contributed by atoms with van der Waals surface area (Å²) in [7, 11) is 0. The van der Waals surface area contributed by atoms with Crippen molar-refractivity contribution in [3.63, 3.8) is 0 Å². The van der Waals surface area contributed by atoms with Gasteiger partial charge in [0, 0.05) is 26.2 Å². The van der Waals surface area contributed by atoms with Crippen LogP contribution in [0.4, 0.5) is 10.9 Å². The van der Waals surface area contributed by atoms with Crippen LogP contribution in [-0.2, 0) is 4.74 Å². The molecule has 1 aromatic rings. The van der Waals surface area contributed by atoms with Crippen LogP contribution in [0.15, 0.2) is 0 Å². The first-order chi connectivity index (χ1) is 10.2. The minimum Gasteiger partial charge on any atom is -0.382 e. The lowest BCUT2D eigenvalue weighted by Gasteiger charge is -2.26. The third kappa shape index (κ3) is 3.29. The molecule has 1 aliphatic heterocycles. The maximum atomic E-state index is 12.6. The number of nitrogens with zero attached hydrogens (tertiary/aromatic N) is 3. The summed E-state index contributed by atoms with van der Waals surface area (Å²) in [6.07, 6.45) is 2.47. The molecule has 0 spiro atoms. The van der Waals surface area contributed by atoms with Crippen molar-refractivity contribution in [3.05, 3.63) is 4.88 Å². The Labute approximate surface area is 128 Å². The summed E-state index contributed by atoms with van der Waals surface area (Å²) in [4.78, 5) is 21.6. The second-order valence-electron chi connectivity index (χ2n) is 5.60. The van der Waals surface area contributed by atoms with Crippen LogP contribution in [0.2, 0.25) is 0 Å². The number of thiazole rings is 1. The number of carbonyl (C=O) groups excluding carboxylic acids is 1. The number of nitrogens with two attached hydrogens (primary N) is 1. The van der Waals surface area contributed by atoms with E-state index in [1.807, 2.05) is 11.8 Å².